The molecule has 2 N–H and O–H groups in total. The number of esters is 1. The summed E-state index contributed by atoms with van der Waals surface area (Å²) in [6.45, 7) is 3.99. The van der Waals surface area contributed by atoms with Crippen LogP contribution in [0.4, 0.5) is 0 Å². The van der Waals surface area contributed by atoms with Crippen molar-refractivity contribution in [1.29, 1.82) is 0 Å². The summed E-state index contributed by atoms with van der Waals surface area (Å²) < 4.78 is 32.6. The fraction of sp³-hybridized carbons (Fsp3) is 0.846. The maximum Gasteiger partial charge on any atom is 0.321 e. The average molecular weight is 336 g/mol. The maximum atomic E-state index is 12.3. The molecular formula is C13H24N2O6S. The lowest BCUT2D eigenvalue weighted by Gasteiger charge is -2.31. The second-order valence-electron chi connectivity index (χ2n) is 5.84. The van der Waals surface area contributed by atoms with Gasteiger partial charge in [-0.3, -0.25) is 9.59 Å². The van der Waals surface area contributed by atoms with Crippen molar-refractivity contribution in [1.82, 2.24) is 9.03 Å². The monoisotopic (exact) mass is 336 g/mol. The number of ether oxygens (including phenoxy) is 1. The summed E-state index contributed by atoms with van der Waals surface area (Å²) in [6.07, 6.45) is 0.957. The Labute approximate surface area is 131 Å². The highest BCUT2D eigenvalue weighted by atomic mass is 32.2. The van der Waals surface area contributed by atoms with E-state index in [1.807, 2.05) is 13.8 Å². The van der Waals surface area contributed by atoms with E-state index < -0.39 is 22.2 Å². The second kappa shape index (κ2) is 7.89. The van der Waals surface area contributed by atoms with E-state index in [9.17, 15) is 18.0 Å². The van der Waals surface area contributed by atoms with E-state index in [0.29, 0.717) is 12.8 Å². The molecule has 1 rings (SSSR count). The van der Waals surface area contributed by atoms with E-state index in [2.05, 4.69) is 9.46 Å². The lowest BCUT2D eigenvalue weighted by Crippen LogP contribution is -2.51. The Morgan fingerprint density at radius 3 is 2.27 bits per heavy atom. The molecule has 1 fully saturated rings. The molecule has 0 aromatic rings. The molecule has 0 bridgehead atoms. The molecule has 0 spiro atoms. The van der Waals surface area contributed by atoms with Gasteiger partial charge in [0.15, 0.2) is 0 Å². The average Bonchev–Trinajstić information content (AvgIpc) is 2.45. The Morgan fingerprint density at radius 2 is 1.86 bits per heavy atom. The number of carbonyl (C=O) groups is 2. The molecule has 1 atom stereocenters. The topological polar surface area (TPSA) is 113 Å². The molecule has 9 heteroatoms. The van der Waals surface area contributed by atoms with Crippen LogP contribution in [-0.2, 0) is 24.5 Å². The maximum absolute atomic E-state index is 12.3. The minimum absolute atomic E-state index is 0.0499. The predicted octanol–water partition coefficient (Wildman–Crippen LogP) is 0.205. The number of carboxylic acids is 1. The molecule has 1 aliphatic rings. The SMILES string of the molecule is COC(=O)C1CCN(S(=O)(=O)N[C@@H](CC(C)C)C(=O)O)CC1. The Hall–Kier alpha value is -1.19. The number of hydrogen-bond acceptors (Lipinski definition) is 5. The smallest absolute Gasteiger partial charge is 0.321 e. The minimum Gasteiger partial charge on any atom is -0.480 e. The number of piperidine rings is 1. The normalized spacial score (nSPS) is 19.1. The van der Waals surface area contributed by atoms with Gasteiger partial charge in [-0.05, 0) is 25.2 Å². The third-order valence-corrected chi connectivity index (χ3v) is 5.25. The van der Waals surface area contributed by atoms with E-state index in [-0.39, 0.29) is 37.3 Å². The molecule has 1 aliphatic heterocycles. The lowest BCUT2D eigenvalue weighted by molar-refractivity contribution is -0.146. The van der Waals surface area contributed by atoms with Crippen LogP contribution in [0.25, 0.3) is 0 Å². The molecule has 1 saturated heterocycles. The van der Waals surface area contributed by atoms with Gasteiger partial charge in [0.1, 0.15) is 6.04 Å². The fourth-order valence-corrected chi connectivity index (χ4v) is 3.82. The van der Waals surface area contributed by atoms with Crippen molar-refractivity contribution in [2.24, 2.45) is 11.8 Å². The number of methoxy groups -OCH3 is 1. The Balaban J connectivity index is 2.67. The van der Waals surface area contributed by atoms with Gasteiger partial charge in [0.25, 0.3) is 10.2 Å². The van der Waals surface area contributed by atoms with Gasteiger partial charge in [-0.15, -0.1) is 0 Å². The fourth-order valence-electron chi connectivity index (χ4n) is 2.42. The third-order valence-electron chi connectivity index (χ3n) is 3.62. The van der Waals surface area contributed by atoms with E-state index in [1.54, 1.807) is 0 Å². The van der Waals surface area contributed by atoms with Crippen molar-refractivity contribution in [2.45, 2.75) is 39.2 Å². The van der Waals surface area contributed by atoms with E-state index in [4.69, 9.17) is 5.11 Å². The Bertz CT molecular complexity index is 497. The standard InChI is InChI=1S/C13H24N2O6S/c1-9(2)8-11(12(16)17)14-22(19,20)15-6-4-10(5-7-15)13(18)21-3/h9-11,14H,4-8H2,1-3H3,(H,16,17)/t11-/m0/s1. The third kappa shape index (κ3) is 5.22. The summed E-state index contributed by atoms with van der Waals surface area (Å²) >= 11 is 0. The first-order chi connectivity index (χ1) is 10.2. The zero-order chi connectivity index (χ0) is 16.9. The molecule has 128 valence electrons. The number of nitrogens with one attached hydrogen (secondary N) is 1. The first-order valence-corrected chi connectivity index (χ1v) is 8.69. The van der Waals surface area contributed by atoms with Crippen LogP contribution in [0.15, 0.2) is 0 Å². The Kier molecular flexibility index (Phi) is 6.76. The van der Waals surface area contributed by atoms with Gasteiger partial charge in [0, 0.05) is 13.1 Å². The highest BCUT2D eigenvalue weighted by Crippen LogP contribution is 2.20. The van der Waals surface area contributed by atoms with Crippen LogP contribution in [0.1, 0.15) is 33.1 Å². The summed E-state index contributed by atoms with van der Waals surface area (Å²) in [7, 11) is -2.58. The second-order valence-corrected chi connectivity index (χ2v) is 7.54. The molecule has 22 heavy (non-hydrogen) atoms. The highest BCUT2D eigenvalue weighted by Gasteiger charge is 2.34. The quantitative estimate of drug-likeness (QED) is 0.642. The number of carboxylic acid groups (broad SMARTS) is 1. The van der Waals surface area contributed by atoms with Crippen molar-refractivity contribution >= 4 is 22.1 Å². The van der Waals surface area contributed by atoms with Gasteiger partial charge in [0.05, 0.1) is 13.0 Å². The Morgan fingerprint density at radius 1 is 1.32 bits per heavy atom. The molecule has 0 unspecified atom stereocenters. The van der Waals surface area contributed by atoms with Crippen molar-refractivity contribution in [3.63, 3.8) is 0 Å². The van der Waals surface area contributed by atoms with Gasteiger partial charge in [-0.25, -0.2) is 0 Å². The highest BCUT2D eigenvalue weighted by molar-refractivity contribution is 7.87. The summed E-state index contributed by atoms with van der Waals surface area (Å²) in [4.78, 5) is 22.6. The zero-order valence-electron chi connectivity index (χ0n) is 13.1. The van der Waals surface area contributed by atoms with Crippen LogP contribution < -0.4 is 4.72 Å². The van der Waals surface area contributed by atoms with Crippen molar-refractivity contribution in [2.75, 3.05) is 20.2 Å². The van der Waals surface area contributed by atoms with E-state index in [0.717, 1.165) is 0 Å². The molecule has 0 aromatic carbocycles. The number of nitrogens with zero attached hydrogens (tertiary/aromatic N) is 1. The van der Waals surface area contributed by atoms with Crippen LogP contribution in [0.5, 0.6) is 0 Å². The van der Waals surface area contributed by atoms with Crippen molar-refractivity contribution < 1.29 is 27.9 Å². The molecule has 0 saturated carbocycles. The molecule has 0 aromatic heterocycles. The van der Waals surface area contributed by atoms with Crippen LogP contribution >= 0.6 is 0 Å². The number of carbonyl (C=O) groups excluding carboxylic acids is 1. The summed E-state index contributed by atoms with van der Waals surface area (Å²) in [5, 5.41) is 9.12. The van der Waals surface area contributed by atoms with Gasteiger partial charge in [-0.2, -0.15) is 17.4 Å². The van der Waals surface area contributed by atoms with Crippen LogP contribution in [0, 0.1) is 11.8 Å². The minimum atomic E-state index is -3.88. The summed E-state index contributed by atoms with van der Waals surface area (Å²) in [5.41, 5.74) is 0. The predicted molar refractivity (Wildman–Crippen MR) is 79.2 cm³/mol. The van der Waals surface area contributed by atoms with Gasteiger partial charge in [-0.1, -0.05) is 13.8 Å². The van der Waals surface area contributed by atoms with Crippen molar-refractivity contribution in [3.05, 3.63) is 0 Å². The van der Waals surface area contributed by atoms with Crippen LogP contribution in [-0.4, -0.2) is 56.0 Å². The number of rotatable bonds is 7. The summed E-state index contributed by atoms with van der Waals surface area (Å²) in [6, 6.07) is -1.15. The zero-order valence-corrected chi connectivity index (χ0v) is 13.9. The van der Waals surface area contributed by atoms with Crippen molar-refractivity contribution in [3.8, 4) is 0 Å². The molecule has 8 nitrogen and oxygen atoms in total. The molecule has 0 aliphatic carbocycles. The van der Waals surface area contributed by atoms with Crippen LogP contribution in [0.3, 0.4) is 0 Å². The number of hydrogen-bond donors (Lipinski definition) is 2. The molecule has 0 radical (unpaired) electrons. The molecular weight excluding hydrogens is 312 g/mol. The van der Waals surface area contributed by atoms with Gasteiger partial charge in [0.2, 0.25) is 0 Å². The van der Waals surface area contributed by atoms with Crippen LogP contribution in [0.2, 0.25) is 0 Å². The lowest BCUT2D eigenvalue weighted by atomic mass is 9.99. The van der Waals surface area contributed by atoms with Gasteiger partial charge >= 0.3 is 11.9 Å². The first-order valence-electron chi connectivity index (χ1n) is 7.25. The van der Waals surface area contributed by atoms with E-state index in [1.165, 1.54) is 11.4 Å². The van der Waals surface area contributed by atoms with Gasteiger partial charge < -0.3 is 9.84 Å². The number of aliphatic carboxylic acids is 1. The largest absolute Gasteiger partial charge is 0.480 e. The first kappa shape index (κ1) is 18.9. The summed E-state index contributed by atoms with van der Waals surface area (Å²) in [5.74, 6) is -1.79. The molecule has 0 amide bonds. The molecule has 1 heterocycles. The van der Waals surface area contributed by atoms with E-state index >= 15 is 0 Å².